The van der Waals surface area contributed by atoms with Gasteiger partial charge in [-0.1, -0.05) is 23.9 Å². The normalized spacial score (nSPS) is 12.0. The first-order valence-electron chi connectivity index (χ1n) is 6.11. The second kappa shape index (κ2) is 6.40. The quantitative estimate of drug-likeness (QED) is 0.551. The zero-order valence-electron chi connectivity index (χ0n) is 11.1. The van der Waals surface area contributed by atoms with Gasteiger partial charge in [-0.3, -0.25) is 14.4 Å². The van der Waals surface area contributed by atoms with Crippen molar-refractivity contribution in [2.45, 2.75) is 18.1 Å². The summed E-state index contributed by atoms with van der Waals surface area (Å²) < 4.78 is 0. The Morgan fingerprint density at radius 2 is 2.14 bits per heavy atom. The van der Waals surface area contributed by atoms with Crippen LogP contribution >= 0.6 is 11.8 Å². The summed E-state index contributed by atoms with van der Waals surface area (Å²) in [6.07, 6.45) is 0. The molecule has 0 saturated heterocycles. The molecule has 1 atom stereocenters. The number of carboxylic acids is 1. The summed E-state index contributed by atoms with van der Waals surface area (Å²) in [7, 11) is 0. The van der Waals surface area contributed by atoms with Crippen LogP contribution in [0, 0.1) is 0 Å². The molecule has 0 aliphatic carbocycles. The fourth-order valence-electron chi connectivity index (χ4n) is 1.61. The number of hydrogen-bond donors (Lipinski definition) is 3. The van der Waals surface area contributed by atoms with Gasteiger partial charge in [0.25, 0.3) is 5.56 Å². The number of fused-ring (bicyclic) bond motifs is 1. The largest absolute Gasteiger partial charge is 0.480 e. The van der Waals surface area contributed by atoms with E-state index in [4.69, 9.17) is 5.11 Å². The number of H-pyrrole nitrogens is 1. The lowest BCUT2D eigenvalue weighted by atomic mass is 10.2. The number of carbonyl (C=O) groups excluding carboxylic acids is 1. The third-order valence-electron chi connectivity index (χ3n) is 2.68. The smallest absolute Gasteiger partial charge is 0.325 e. The molecule has 0 spiro atoms. The van der Waals surface area contributed by atoms with Crippen LogP contribution in [0.2, 0.25) is 0 Å². The molecular formula is C13H13N3O4S. The lowest BCUT2D eigenvalue weighted by Crippen LogP contribution is -2.39. The number of thioether (sulfide) groups is 1. The van der Waals surface area contributed by atoms with E-state index in [2.05, 4.69) is 15.3 Å². The van der Waals surface area contributed by atoms with Crippen LogP contribution < -0.4 is 10.9 Å². The molecule has 1 heterocycles. The molecule has 3 N–H and O–H groups in total. The Morgan fingerprint density at radius 3 is 2.86 bits per heavy atom. The average molecular weight is 307 g/mol. The highest BCUT2D eigenvalue weighted by Crippen LogP contribution is 2.14. The summed E-state index contributed by atoms with van der Waals surface area (Å²) in [5, 5.41) is 11.8. The predicted octanol–water partition coefficient (Wildman–Crippen LogP) is 0.604. The van der Waals surface area contributed by atoms with E-state index in [9.17, 15) is 14.4 Å². The molecule has 0 radical (unpaired) electrons. The molecule has 2 aromatic rings. The first-order valence-corrected chi connectivity index (χ1v) is 7.10. The van der Waals surface area contributed by atoms with E-state index in [1.807, 2.05) is 0 Å². The number of carbonyl (C=O) groups is 2. The molecule has 7 nitrogen and oxygen atoms in total. The van der Waals surface area contributed by atoms with E-state index < -0.39 is 17.9 Å². The standard InChI is InChI=1S/C13H13N3O4S/c1-7(12(19)20)14-10(17)6-21-13-15-9-5-3-2-4-8(9)11(18)16-13/h2-5,7H,6H2,1H3,(H,14,17)(H,19,20)(H,15,16,18)/t7-/m0/s1. The highest BCUT2D eigenvalue weighted by Gasteiger charge is 2.14. The van der Waals surface area contributed by atoms with Crippen molar-refractivity contribution in [2.75, 3.05) is 5.75 Å². The summed E-state index contributed by atoms with van der Waals surface area (Å²) in [6.45, 7) is 1.38. The van der Waals surface area contributed by atoms with Crippen molar-refractivity contribution in [3.8, 4) is 0 Å². The van der Waals surface area contributed by atoms with Crippen LogP contribution in [0.15, 0.2) is 34.2 Å². The summed E-state index contributed by atoms with van der Waals surface area (Å²) in [4.78, 5) is 40.8. The maximum absolute atomic E-state index is 11.8. The van der Waals surface area contributed by atoms with Gasteiger partial charge in [0.05, 0.1) is 16.7 Å². The number of aromatic nitrogens is 2. The van der Waals surface area contributed by atoms with Crippen molar-refractivity contribution >= 4 is 34.5 Å². The van der Waals surface area contributed by atoms with Gasteiger partial charge in [-0.2, -0.15) is 0 Å². The number of aliphatic carboxylic acids is 1. The summed E-state index contributed by atoms with van der Waals surface area (Å²) in [5.41, 5.74) is 0.269. The zero-order chi connectivity index (χ0) is 15.4. The molecule has 0 aliphatic heterocycles. The van der Waals surface area contributed by atoms with Gasteiger partial charge in [-0.25, -0.2) is 4.98 Å². The van der Waals surface area contributed by atoms with Crippen LogP contribution in [-0.2, 0) is 9.59 Å². The van der Waals surface area contributed by atoms with Crippen LogP contribution in [-0.4, -0.2) is 38.7 Å². The fraction of sp³-hybridized carbons (Fsp3) is 0.231. The minimum Gasteiger partial charge on any atom is -0.480 e. The fourth-order valence-corrected chi connectivity index (χ4v) is 2.29. The highest BCUT2D eigenvalue weighted by atomic mass is 32.2. The van der Waals surface area contributed by atoms with E-state index in [0.717, 1.165) is 11.8 Å². The van der Waals surface area contributed by atoms with E-state index in [0.29, 0.717) is 16.1 Å². The van der Waals surface area contributed by atoms with Crippen molar-refractivity contribution in [3.63, 3.8) is 0 Å². The lowest BCUT2D eigenvalue weighted by Gasteiger charge is -2.08. The Morgan fingerprint density at radius 1 is 1.43 bits per heavy atom. The van der Waals surface area contributed by atoms with Crippen molar-refractivity contribution in [1.29, 1.82) is 0 Å². The number of carboxylic acid groups (broad SMARTS) is 1. The number of amides is 1. The topological polar surface area (TPSA) is 112 Å². The number of aromatic amines is 1. The van der Waals surface area contributed by atoms with Gasteiger partial charge in [0.1, 0.15) is 6.04 Å². The second-order valence-electron chi connectivity index (χ2n) is 4.30. The summed E-state index contributed by atoms with van der Waals surface area (Å²) in [6, 6.07) is 5.93. The Kier molecular flexibility index (Phi) is 4.59. The van der Waals surface area contributed by atoms with Gasteiger partial charge >= 0.3 is 5.97 Å². The van der Waals surface area contributed by atoms with Crippen LogP contribution in [0.25, 0.3) is 10.9 Å². The van der Waals surface area contributed by atoms with E-state index in [1.54, 1.807) is 24.3 Å². The molecule has 0 bridgehead atoms. The van der Waals surface area contributed by atoms with Crippen LogP contribution in [0.1, 0.15) is 6.92 Å². The van der Waals surface area contributed by atoms with E-state index >= 15 is 0 Å². The van der Waals surface area contributed by atoms with Gasteiger partial charge in [-0.05, 0) is 19.1 Å². The monoisotopic (exact) mass is 307 g/mol. The van der Waals surface area contributed by atoms with Crippen LogP contribution in [0.4, 0.5) is 0 Å². The second-order valence-corrected chi connectivity index (χ2v) is 5.27. The zero-order valence-corrected chi connectivity index (χ0v) is 11.9. The first kappa shape index (κ1) is 15.0. The molecule has 21 heavy (non-hydrogen) atoms. The molecule has 0 saturated carbocycles. The van der Waals surface area contributed by atoms with Crippen molar-refractivity contribution in [2.24, 2.45) is 0 Å². The van der Waals surface area contributed by atoms with Gasteiger partial charge < -0.3 is 15.4 Å². The first-order chi connectivity index (χ1) is 9.97. The number of hydrogen-bond acceptors (Lipinski definition) is 5. The van der Waals surface area contributed by atoms with Crippen LogP contribution in [0.5, 0.6) is 0 Å². The minimum atomic E-state index is -1.11. The Bertz CT molecular complexity index is 744. The third-order valence-corrected chi connectivity index (χ3v) is 3.55. The molecule has 0 unspecified atom stereocenters. The minimum absolute atomic E-state index is 0.0289. The Hall–Kier alpha value is -2.35. The number of rotatable bonds is 5. The predicted molar refractivity (Wildman–Crippen MR) is 78.3 cm³/mol. The van der Waals surface area contributed by atoms with Gasteiger partial charge in [-0.15, -0.1) is 0 Å². The van der Waals surface area contributed by atoms with Crippen molar-refractivity contribution in [1.82, 2.24) is 15.3 Å². The number of nitrogens with one attached hydrogen (secondary N) is 2. The molecule has 1 aromatic heterocycles. The maximum Gasteiger partial charge on any atom is 0.325 e. The van der Waals surface area contributed by atoms with Gasteiger partial charge in [0.15, 0.2) is 5.16 Å². The third kappa shape index (κ3) is 3.82. The number of benzene rings is 1. The molecule has 1 aromatic carbocycles. The van der Waals surface area contributed by atoms with E-state index in [-0.39, 0.29) is 11.3 Å². The summed E-state index contributed by atoms with van der Waals surface area (Å²) in [5.74, 6) is -1.57. The maximum atomic E-state index is 11.8. The number of nitrogens with zero attached hydrogens (tertiary/aromatic N) is 1. The molecule has 1 amide bonds. The SMILES string of the molecule is C[C@H](NC(=O)CSc1nc2ccccc2c(=O)[nH]1)C(=O)O. The van der Waals surface area contributed by atoms with Gasteiger partial charge in [0.2, 0.25) is 5.91 Å². The Balaban J connectivity index is 2.05. The molecule has 110 valence electrons. The molecular weight excluding hydrogens is 294 g/mol. The van der Waals surface area contributed by atoms with Crippen molar-refractivity contribution in [3.05, 3.63) is 34.6 Å². The Labute approximate surface area is 123 Å². The van der Waals surface area contributed by atoms with E-state index in [1.165, 1.54) is 6.92 Å². The highest BCUT2D eigenvalue weighted by molar-refractivity contribution is 7.99. The average Bonchev–Trinajstić information content (AvgIpc) is 2.45. The van der Waals surface area contributed by atoms with Crippen molar-refractivity contribution < 1.29 is 14.7 Å². The van der Waals surface area contributed by atoms with Gasteiger partial charge in [0, 0.05) is 0 Å². The molecule has 2 rings (SSSR count). The molecule has 8 heteroatoms. The molecule has 0 fully saturated rings. The molecule has 0 aliphatic rings. The lowest BCUT2D eigenvalue weighted by molar-refractivity contribution is -0.140. The van der Waals surface area contributed by atoms with Crippen LogP contribution in [0.3, 0.4) is 0 Å². The summed E-state index contributed by atoms with van der Waals surface area (Å²) >= 11 is 1.04. The number of para-hydroxylation sites is 1.